The number of aryl methyl sites for hydroxylation is 1. The molecule has 5 nitrogen and oxygen atoms in total. The Hall–Kier alpha value is -2.82. The first-order valence-corrected chi connectivity index (χ1v) is 9.17. The molecule has 0 saturated heterocycles. The lowest BCUT2D eigenvalue weighted by Crippen LogP contribution is -2.25. The first-order valence-electron chi connectivity index (χ1n) is 9.17. The van der Waals surface area contributed by atoms with E-state index in [0.29, 0.717) is 11.6 Å². The van der Waals surface area contributed by atoms with Gasteiger partial charge in [0.1, 0.15) is 0 Å². The van der Waals surface area contributed by atoms with E-state index in [9.17, 15) is 9.59 Å². The van der Waals surface area contributed by atoms with Crippen molar-refractivity contribution in [3.8, 4) is 0 Å². The van der Waals surface area contributed by atoms with Crippen LogP contribution in [0.15, 0.2) is 48.5 Å². The zero-order chi connectivity index (χ0) is 18.4. The molecule has 136 valence electrons. The lowest BCUT2D eigenvalue weighted by molar-refractivity contribution is -0.114. The largest absolute Gasteiger partial charge is 0.376 e. The van der Waals surface area contributed by atoms with Crippen molar-refractivity contribution in [3.63, 3.8) is 0 Å². The van der Waals surface area contributed by atoms with E-state index >= 15 is 0 Å². The molecule has 1 aliphatic carbocycles. The van der Waals surface area contributed by atoms with Gasteiger partial charge in [0, 0.05) is 23.0 Å². The Morgan fingerprint density at radius 3 is 2.23 bits per heavy atom. The number of amides is 2. The second-order valence-electron chi connectivity index (χ2n) is 6.67. The third-order valence-electron chi connectivity index (χ3n) is 4.29. The van der Waals surface area contributed by atoms with E-state index in [1.165, 1.54) is 5.56 Å². The third kappa shape index (κ3) is 5.34. The van der Waals surface area contributed by atoms with Gasteiger partial charge in [-0.3, -0.25) is 9.59 Å². The van der Waals surface area contributed by atoms with Gasteiger partial charge < -0.3 is 16.0 Å². The minimum Gasteiger partial charge on any atom is -0.376 e. The van der Waals surface area contributed by atoms with Crippen molar-refractivity contribution in [2.75, 3.05) is 17.2 Å². The summed E-state index contributed by atoms with van der Waals surface area (Å²) in [5, 5.41) is 8.90. The van der Waals surface area contributed by atoms with Crippen molar-refractivity contribution in [3.05, 3.63) is 59.7 Å². The molecular weight excluding hydrogens is 326 g/mol. The van der Waals surface area contributed by atoms with Crippen LogP contribution in [0.1, 0.15) is 42.1 Å². The van der Waals surface area contributed by atoms with Crippen LogP contribution in [0.3, 0.4) is 0 Å². The summed E-state index contributed by atoms with van der Waals surface area (Å²) in [6.45, 7) is 2.32. The van der Waals surface area contributed by atoms with Crippen LogP contribution < -0.4 is 16.0 Å². The highest BCUT2D eigenvalue weighted by atomic mass is 16.2. The Morgan fingerprint density at radius 1 is 0.962 bits per heavy atom. The number of carbonyl (C=O) groups is 2. The van der Waals surface area contributed by atoms with Crippen LogP contribution in [0.5, 0.6) is 0 Å². The zero-order valence-electron chi connectivity index (χ0n) is 15.0. The number of anilines is 2. The Balaban J connectivity index is 1.45. The average molecular weight is 351 g/mol. The summed E-state index contributed by atoms with van der Waals surface area (Å²) >= 11 is 0. The van der Waals surface area contributed by atoms with E-state index in [-0.39, 0.29) is 18.4 Å². The van der Waals surface area contributed by atoms with Crippen LogP contribution in [-0.2, 0) is 11.2 Å². The van der Waals surface area contributed by atoms with Crippen molar-refractivity contribution in [2.45, 2.75) is 38.6 Å². The molecule has 5 heteroatoms. The third-order valence-corrected chi connectivity index (χ3v) is 4.29. The molecule has 0 aliphatic heterocycles. The fourth-order valence-corrected chi connectivity index (χ4v) is 2.67. The van der Waals surface area contributed by atoms with Crippen molar-refractivity contribution in [1.82, 2.24) is 5.32 Å². The summed E-state index contributed by atoms with van der Waals surface area (Å²) in [6, 6.07) is 15.4. The van der Waals surface area contributed by atoms with Crippen molar-refractivity contribution in [1.29, 1.82) is 0 Å². The standard InChI is InChI=1S/C21H25N3O2/c1-2-3-15-4-8-18(9-5-15)23-20(25)14-22-17-10-6-16(7-11-17)21(26)24-19-12-13-19/h4-11,19,22H,2-3,12-14H2,1H3,(H,23,25)(H,24,26). The number of nitrogens with one attached hydrogen (secondary N) is 3. The van der Waals surface area contributed by atoms with E-state index in [4.69, 9.17) is 0 Å². The number of carbonyl (C=O) groups excluding carboxylic acids is 2. The Labute approximate surface area is 154 Å². The van der Waals surface area contributed by atoms with Crippen LogP contribution in [0.4, 0.5) is 11.4 Å². The molecule has 0 unspecified atom stereocenters. The van der Waals surface area contributed by atoms with Gasteiger partial charge in [0.05, 0.1) is 6.54 Å². The van der Waals surface area contributed by atoms with Crippen molar-refractivity contribution >= 4 is 23.2 Å². The van der Waals surface area contributed by atoms with Gasteiger partial charge in [-0.1, -0.05) is 25.5 Å². The molecule has 3 rings (SSSR count). The van der Waals surface area contributed by atoms with E-state index in [1.54, 1.807) is 12.1 Å². The molecule has 0 heterocycles. The summed E-state index contributed by atoms with van der Waals surface area (Å²) < 4.78 is 0. The maximum atomic E-state index is 12.1. The highest BCUT2D eigenvalue weighted by Crippen LogP contribution is 2.19. The van der Waals surface area contributed by atoms with Crippen molar-refractivity contribution < 1.29 is 9.59 Å². The molecule has 0 aromatic heterocycles. The van der Waals surface area contributed by atoms with E-state index in [0.717, 1.165) is 37.1 Å². The fourth-order valence-electron chi connectivity index (χ4n) is 2.67. The van der Waals surface area contributed by atoms with E-state index in [1.807, 2.05) is 36.4 Å². The monoisotopic (exact) mass is 351 g/mol. The smallest absolute Gasteiger partial charge is 0.251 e. The minimum atomic E-state index is -0.108. The molecule has 0 bridgehead atoms. The Morgan fingerprint density at radius 2 is 1.62 bits per heavy atom. The normalized spacial score (nSPS) is 13.1. The zero-order valence-corrected chi connectivity index (χ0v) is 15.0. The minimum absolute atomic E-state index is 0.0386. The quantitative estimate of drug-likeness (QED) is 0.681. The average Bonchev–Trinajstić information content (AvgIpc) is 3.46. The van der Waals surface area contributed by atoms with Gasteiger partial charge in [0.15, 0.2) is 0 Å². The Bertz CT molecular complexity index is 750. The summed E-state index contributed by atoms with van der Waals surface area (Å²) in [4.78, 5) is 24.0. The summed E-state index contributed by atoms with van der Waals surface area (Å²) in [5.74, 6) is -0.146. The second kappa shape index (κ2) is 8.52. The van der Waals surface area contributed by atoms with Gasteiger partial charge in [-0.05, 0) is 61.2 Å². The number of rotatable bonds is 8. The molecule has 1 saturated carbocycles. The summed E-state index contributed by atoms with van der Waals surface area (Å²) in [6.07, 6.45) is 4.30. The predicted molar refractivity (Wildman–Crippen MR) is 104 cm³/mol. The van der Waals surface area contributed by atoms with Gasteiger partial charge >= 0.3 is 0 Å². The maximum absolute atomic E-state index is 12.1. The van der Waals surface area contributed by atoms with E-state index < -0.39 is 0 Å². The maximum Gasteiger partial charge on any atom is 0.251 e. The van der Waals surface area contributed by atoms with E-state index in [2.05, 4.69) is 22.9 Å². The Kier molecular flexibility index (Phi) is 5.89. The number of hydrogen-bond donors (Lipinski definition) is 3. The second-order valence-corrected chi connectivity index (χ2v) is 6.67. The number of benzene rings is 2. The summed E-state index contributed by atoms with van der Waals surface area (Å²) in [7, 11) is 0. The fraction of sp³-hybridized carbons (Fsp3) is 0.333. The first-order chi connectivity index (χ1) is 12.6. The predicted octanol–water partition coefficient (Wildman–Crippen LogP) is 3.58. The van der Waals surface area contributed by atoms with Gasteiger partial charge in [-0.2, -0.15) is 0 Å². The van der Waals surface area contributed by atoms with Crippen LogP contribution in [0.25, 0.3) is 0 Å². The molecule has 3 N–H and O–H groups in total. The highest BCUT2D eigenvalue weighted by molar-refractivity contribution is 5.95. The van der Waals surface area contributed by atoms with Crippen LogP contribution in [0.2, 0.25) is 0 Å². The topological polar surface area (TPSA) is 70.2 Å². The molecule has 0 atom stereocenters. The van der Waals surface area contributed by atoms with Crippen LogP contribution in [-0.4, -0.2) is 24.4 Å². The molecule has 2 aromatic rings. The summed E-state index contributed by atoms with van der Waals surface area (Å²) in [5.41, 5.74) is 3.51. The molecule has 26 heavy (non-hydrogen) atoms. The van der Waals surface area contributed by atoms with Crippen LogP contribution >= 0.6 is 0 Å². The molecule has 1 aliphatic rings. The lowest BCUT2D eigenvalue weighted by Gasteiger charge is -2.09. The molecule has 2 aromatic carbocycles. The molecule has 0 radical (unpaired) electrons. The lowest BCUT2D eigenvalue weighted by atomic mass is 10.1. The van der Waals surface area contributed by atoms with Crippen molar-refractivity contribution in [2.24, 2.45) is 0 Å². The molecular formula is C21H25N3O2. The van der Waals surface area contributed by atoms with Gasteiger partial charge in [0.25, 0.3) is 5.91 Å². The first kappa shape index (κ1) is 18.0. The molecule has 1 fully saturated rings. The molecule has 0 spiro atoms. The molecule has 2 amide bonds. The van der Waals surface area contributed by atoms with Gasteiger partial charge in [-0.25, -0.2) is 0 Å². The van der Waals surface area contributed by atoms with Gasteiger partial charge in [-0.15, -0.1) is 0 Å². The van der Waals surface area contributed by atoms with Crippen LogP contribution in [0, 0.1) is 0 Å². The van der Waals surface area contributed by atoms with Gasteiger partial charge in [0.2, 0.25) is 5.91 Å². The SMILES string of the molecule is CCCc1ccc(NC(=O)CNc2ccc(C(=O)NC3CC3)cc2)cc1. The highest BCUT2D eigenvalue weighted by Gasteiger charge is 2.23. The number of hydrogen-bond acceptors (Lipinski definition) is 3.